The summed E-state index contributed by atoms with van der Waals surface area (Å²) >= 11 is 8.44. The first kappa shape index (κ1) is 21.0. The fourth-order valence-corrected chi connectivity index (χ4v) is 6.04. The third-order valence-corrected chi connectivity index (χ3v) is 7.70. The second-order valence-electron chi connectivity index (χ2n) is 6.53. The Morgan fingerprint density at radius 1 is 0.733 bits per heavy atom. The van der Waals surface area contributed by atoms with Crippen molar-refractivity contribution in [1.29, 1.82) is 0 Å². The Labute approximate surface area is 197 Å². The molecule has 0 spiro atoms. The zero-order chi connectivity index (χ0) is 20.9. The van der Waals surface area contributed by atoms with Crippen molar-refractivity contribution in [2.24, 2.45) is 0 Å². The first-order valence-electron chi connectivity index (χ1n) is 9.33. The summed E-state index contributed by atoms with van der Waals surface area (Å²) in [6.45, 7) is 0. The lowest BCUT2D eigenvalue weighted by molar-refractivity contribution is 0.102. The average molecular weight is 543 g/mol. The molecule has 0 aliphatic heterocycles. The Kier molecular flexibility index (Phi) is 6.77. The molecular weight excluding hydrogens is 525 g/mol. The van der Waals surface area contributed by atoms with Crippen LogP contribution in [0.25, 0.3) is 0 Å². The van der Waals surface area contributed by atoms with Crippen LogP contribution in [0.2, 0.25) is 5.02 Å². The first-order chi connectivity index (χ1) is 14.6. The van der Waals surface area contributed by atoms with Crippen molar-refractivity contribution in [3.63, 3.8) is 0 Å². The molecule has 0 heterocycles. The first-order valence-corrected chi connectivity index (χ1v) is 12.0. The maximum Gasteiger partial charge on any atom is 0.255 e. The van der Waals surface area contributed by atoms with E-state index < -0.39 is 0 Å². The summed E-state index contributed by atoms with van der Waals surface area (Å²) in [6.07, 6.45) is 0. The Morgan fingerprint density at radius 2 is 1.27 bits per heavy atom. The van der Waals surface area contributed by atoms with E-state index in [0.29, 0.717) is 16.3 Å². The van der Waals surface area contributed by atoms with Gasteiger partial charge >= 0.3 is 0 Å². The van der Waals surface area contributed by atoms with Crippen LogP contribution in [-0.4, -0.2) is 5.91 Å². The highest BCUT2D eigenvalue weighted by molar-refractivity contribution is 14.1. The lowest BCUT2D eigenvalue weighted by Crippen LogP contribution is -2.12. The third-order valence-electron chi connectivity index (χ3n) is 4.49. The summed E-state index contributed by atoms with van der Waals surface area (Å²) < 4.78 is 1.02. The standard InChI is InChI=1S/C25H17ClINOS/c26-23-17-19(27)13-16-24(23)28-25(29)18-11-14-22(15-12-18)30(20-7-3-1-4-8-20)21-9-5-2-6-10-21/h1-17H/p+1. The van der Waals surface area contributed by atoms with Crippen molar-refractivity contribution in [2.75, 3.05) is 5.32 Å². The van der Waals surface area contributed by atoms with Gasteiger partial charge in [-0.2, -0.15) is 0 Å². The van der Waals surface area contributed by atoms with Gasteiger partial charge in [0.05, 0.1) is 21.6 Å². The number of hydrogen-bond donors (Lipinski definition) is 1. The molecule has 2 nitrogen and oxygen atoms in total. The maximum atomic E-state index is 12.7. The molecule has 4 aromatic rings. The molecule has 0 unspecified atom stereocenters. The summed E-state index contributed by atoms with van der Waals surface area (Å²) in [7, 11) is -0.234. The number of rotatable bonds is 5. The highest BCUT2D eigenvalue weighted by Crippen LogP contribution is 2.31. The number of carbonyl (C=O) groups is 1. The van der Waals surface area contributed by atoms with E-state index in [2.05, 4.69) is 76.4 Å². The van der Waals surface area contributed by atoms with Gasteiger partial charge in [0.25, 0.3) is 5.91 Å². The minimum Gasteiger partial charge on any atom is -0.321 e. The molecule has 148 valence electrons. The molecular formula is C25H18ClINOS+. The van der Waals surface area contributed by atoms with E-state index in [0.717, 1.165) is 8.47 Å². The number of benzene rings is 4. The number of carbonyl (C=O) groups excluding carboxylic acids is 1. The SMILES string of the molecule is O=C(Nc1ccc(I)cc1Cl)c1ccc([S+](c2ccccc2)c2ccccc2)cc1. The van der Waals surface area contributed by atoms with E-state index in [9.17, 15) is 4.79 Å². The largest absolute Gasteiger partial charge is 0.321 e. The number of hydrogen-bond acceptors (Lipinski definition) is 1. The summed E-state index contributed by atoms with van der Waals surface area (Å²) in [6, 6.07) is 34.3. The van der Waals surface area contributed by atoms with Gasteiger partial charge in [0, 0.05) is 9.13 Å². The topological polar surface area (TPSA) is 29.1 Å². The molecule has 0 bridgehead atoms. The predicted molar refractivity (Wildman–Crippen MR) is 134 cm³/mol. The van der Waals surface area contributed by atoms with E-state index in [1.54, 1.807) is 0 Å². The van der Waals surface area contributed by atoms with E-state index in [1.807, 2.05) is 54.6 Å². The minimum atomic E-state index is -0.234. The molecule has 0 saturated heterocycles. The van der Waals surface area contributed by atoms with E-state index in [1.165, 1.54) is 9.79 Å². The van der Waals surface area contributed by atoms with E-state index >= 15 is 0 Å². The fourth-order valence-electron chi connectivity index (χ4n) is 3.05. The van der Waals surface area contributed by atoms with Crippen LogP contribution < -0.4 is 5.32 Å². The van der Waals surface area contributed by atoms with Crippen LogP contribution in [0.5, 0.6) is 0 Å². The second kappa shape index (κ2) is 9.69. The van der Waals surface area contributed by atoms with Crippen LogP contribution in [0, 0.1) is 3.57 Å². The zero-order valence-electron chi connectivity index (χ0n) is 15.9. The van der Waals surface area contributed by atoms with Gasteiger partial charge in [0.2, 0.25) is 0 Å². The quantitative estimate of drug-likeness (QED) is 0.208. The molecule has 0 saturated carbocycles. The fraction of sp³-hybridized carbons (Fsp3) is 0. The van der Waals surface area contributed by atoms with Gasteiger partial charge in [0.1, 0.15) is 0 Å². The molecule has 30 heavy (non-hydrogen) atoms. The van der Waals surface area contributed by atoms with Gasteiger partial charge in [-0.05, 0) is 89.3 Å². The van der Waals surface area contributed by atoms with Crippen molar-refractivity contribution < 1.29 is 4.79 Å². The van der Waals surface area contributed by atoms with Gasteiger partial charge in [-0.15, -0.1) is 0 Å². The third kappa shape index (κ3) is 4.89. The lowest BCUT2D eigenvalue weighted by Gasteiger charge is -2.10. The van der Waals surface area contributed by atoms with Crippen LogP contribution >= 0.6 is 34.2 Å². The number of halogens is 2. The molecule has 5 heteroatoms. The number of nitrogens with one attached hydrogen (secondary N) is 1. The molecule has 0 atom stereocenters. The molecule has 0 radical (unpaired) electrons. The second-order valence-corrected chi connectivity index (χ2v) is 10.2. The Hall–Kier alpha value is -2.28. The van der Waals surface area contributed by atoms with Crippen molar-refractivity contribution in [1.82, 2.24) is 0 Å². The van der Waals surface area contributed by atoms with Crippen LogP contribution in [0.3, 0.4) is 0 Å². The van der Waals surface area contributed by atoms with Gasteiger partial charge < -0.3 is 5.32 Å². The van der Waals surface area contributed by atoms with Crippen LogP contribution in [0.1, 0.15) is 10.4 Å². The van der Waals surface area contributed by atoms with Crippen molar-refractivity contribution >= 4 is 56.7 Å². The molecule has 1 N–H and O–H groups in total. The lowest BCUT2D eigenvalue weighted by atomic mass is 10.2. The zero-order valence-corrected chi connectivity index (χ0v) is 19.6. The minimum absolute atomic E-state index is 0.177. The predicted octanol–water partition coefficient (Wildman–Crippen LogP) is 7.29. The average Bonchev–Trinajstić information content (AvgIpc) is 2.78. The van der Waals surface area contributed by atoms with E-state index in [-0.39, 0.29) is 16.8 Å². The Morgan fingerprint density at radius 3 is 1.80 bits per heavy atom. The molecule has 0 aliphatic rings. The maximum absolute atomic E-state index is 12.7. The molecule has 1 amide bonds. The monoisotopic (exact) mass is 542 g/mol. The normalized spacial score (nSPS) is 10.8. The van der Waals surface area contributed by atoms with Gasteiger partial charge in [-0.3, -0.25) is 4.79 Å². The molecule has 4 rings (SSSR count). The molecule has 4 aromatic carbocycles. The van der Waals surface area contributed by atoms with Crippen LogP contribution in [-0.2, 0) is 10.9 Å². The summed E-state index contributed by atoms with van der Waals surface area (Å²) in [4.78, 5) is 16.4. The smallest absolute Gasteiger partial charge is 0.255 e. The molecule has 0 fully saturated rings. The Bertz CT molecular complexity index is 1110. The van der Waals surface area contributed by atoms with Crippen molar-refractivity contribution in [2.45, 2.75) is 14.7 Å². The van der Waals surface area contributed by atoms with Gasteiger partial charge in [-0.1, -0.05) is 48.0 Å². The number of anilines is 1. The number of amides is 1. The van der Waals surface area contributed by atoms with Crippen molar-refractivity contribution in [3.05, 3.63) is 117 Å². The van der Waals surface area contributed by atoms with Crippen molar-refractivity contribution in [3.8, 4) is 0 Å². The highest BCUT2D eigenvalue weighted by Gasteiger charge is 2.28. The Balaban J connectivity index is 1.61. The summed E-state index contributed by atoms with van der Waals surface area (Å²) in [5, 5.41) is 3.42. The van der Waals surface area contributed by atoms with Crippen LogP contribution in [0.4, 0.5) is 5.69 Å². The highest BCUT2D eigenvalue weighted by atomic mass is 127. The van der Waals surface area contributed by atoms with Crippen LogP contribution in [0.15, 0.2) is 118 Å². The molecule has 0 aromatic heterocycles. The summed E-state index contributed by atoms with van der Waals surface area (Å²) in [5.74, 6) is -0.177. The molecule has 0 aliphatic carbocycles. The summed E-state index contributed by atoms with van der Waals surface area (Å²) in [5.41, 5.74) is 1.21. The van der Waals surface area contributed by atoms with Gasteiger partial charge in [0.15, 0.2) is 14.7 Å². The van der Waals surface area contributed by atoms with E-state index in [4.69, 9.17) is 11.6 Å². The van der Waals surface area contributed by atoms with Gasteiger partial charge in [-0.25, -0.2) is 0 Å².